The molecule has 3 nitrogen and oxygen atoms in total. The standard InChI is InChI=1S/C7H8F3NO2/c8-7(9,10)6-11-3-1-2-4(11)5(12)13-6/h4,6H,1-3H2/t4-,6+/m0/s1. The van der Waals surface area contributed by atoms with E-state index in [4.69, 9.17) is 0 Å². The molecule has 2 atom stereocenters. The Bertz CT molecular complexity index is 240. The zero-order valence-electron chi connectivity index (χ0n) is 6.67. The van der Waals surface area contributed by atoms with Gasteiger partial charge in [0.2, 0.25) is 0 Å². The van der Waals surface area contributed by atoms with Crippen LogP contribution in [0, 0.1) is 0 Å². The first-order valence-corrected chi connectivity index (χ1v) is 4.03. The SMILES string of the molecule is O=C1O[C@H](C(F)(F)F)N2CCC[C@@H]12. The first-order valence-electron chi connectivity index (χ1n) is 4.03. The van der Waals surface area contributed by atoms with Crippen molar-refractivity contribution in [3.05, 3.63) is 0 Å². The molecule has 0 aliphatic carbocycles. The number of ether oxygens (including phenoxy) is 1. The Labute approximate surface area is 72.4 Å². The number of alkyl halides is 3. The highest BCUT2D eigenvalue weighted by atomic mass is 19.4. The highest BCUT2D eigenvalue weighted by Crippen LogP contribution is 2.36. The van der Waals surface area contributed by atoms with Gasteiger partial charge in [0.25, 0.3) is 6.23 Å². The van der Waals surface area contributed by atoms with Crippen LogP contribution in [0.25, 0.3) is 0 Å². The fraction of sp³-hybridized carbons (Fsp3) is 0.857. The molecule has 2 aliphatic heterocycles. The van der Waals surface area contributed by atoms with Gasteiger partial charge in [-0.3, -0.25) is 4.79 Å². The van der Waals surface area contributed by atoms with Crippen LogP contribution in [0.4, 0.5) is 13.2 Å². The average Bonchev–Trinajstić information content (AvgIpc) is 2.51. The minimum Gasteiger partial charge on any atom is -0.435 e. The number of esters is 1. The quantitative estimate of drug-likeness (QED) is 0.538. The molecule has 6 heteroatoms. The van der Waals surface area contributed by atoms with Crippen molar-refractivity contribution in [3.63, 3.8) is 0 Å². The van der Waals surface area contributed by atoms with E-state index in [1.54, 1.807) is 0 Å². The van der Waals surface area contributed by atoms with E-state index in [2.05, 4.69) is 4.74 Å². The lowest BCUT2D eigenvalue weighted by atomic mass is 10.2. The second-order valence-electron chi connectivity index (χ2n) is 3.23. The van der Waals surface area contributed by atoms with Crippen LogP contribution in [0.5, 0.6) is 0 Å². The molecule has 0 spiro atoms. The van der Waals surface area contributed by atoms with Gasteiger partial charge in [-0.05, 0) is 12.8 Å². The Morgan fingerprint density at radius 1 is 1.46 bits per heavy atom. The summed E-state index contributed by atoms with van der Waals surface area (Å²) >= 11 is 0. The van der Waals surface area contributed by atoms with Gasteiger partial charge in [0, 0.05) is 6.54 Å². The highest BCUT2D eigenvalue weighted by molar-refractivity contribution is 5.78. The second kappa shape index (κ2) is 2.60. The van der Waals surface area contributed by atoms with Crippen LogP contribution >= 0.6 is 0 Å². The number of hydrogen-bond donors (Lipinski definition) is 0. The zero-order valence-corrected chi connectivity index (χ0v) is 6.67. The fourth-order valence-electron chi connectivity index (χ4n) is 1.83. The lowest BCUT2D eigenvalue weighted by Gasteiger charge is -2.21. The number of nitrogens with zero attached hydrogens (tertiary/aromatic N) is 1. The van der Waals surface area contributed by atoms with Gasteiger partial charge in [-0.15, -0.1) is 0 Å². The van der Waals surface area contributed by atoms with Gasteiger partial charge in [0.05, 0.1) is 0 Å². The summed E-state index contributed by atoms with van der Waals surface area (Å²) in [5, 5.41) is 0. The van der Waals surface area contributed by atoms with Gasteiger partial charge in [0.15, 0.2) is 0 Å². The lowest BCUT2D eigenvalue weighted by Crippen LogP contribution is -2.42. The molecular weight excluding hydrogens is 187 g/mol. The number of fused-ring (bicyclic) bond motifs is 1. The summed E-state index contributed by atoms with van der Waals surface area (Å²) in [5.41, 5.74) is 0. The van der Waals surface area contributed by atoms with Crippen LogP contribution in [0.3, 0.4) is 0 Å². The third-order valence-corrected chi connectivity index (χ3v) is 2.38. The van der Waals surface area contributed by atoms with E-state index in [0.29, 0.717) is 19.4 Å². The van der Waals surface area contributed by atoms with Gasteiger partial charge in [-0.2, -0.15) is 13.2 Å². The van der Waals surface area contributed by atoms with Crippen molar-refractivity contribution in [1.82, 2.24) is 4.90 Å². The summed E-state index contributed by atoms with van der Waals surface area (Å²) in [7, 11) is 0. The van der Waals surface area contributed by atoms with E-state index in [9.17, 15) is 18.0 Å². The molecule has 2 aliphatic rings. The third-order valence-electron chi connectivity index (χ3n) is 2.38. The number of carbonyl (C=O) groups is 1. The third kappa shape index (κ3) is 1.29. The van der Waals surface area contributed by atoms with Crippen LogP contribution in [0.15, 0.2) is 0 Å². The van der Waals surface area contributed by atoms with Crippen LogP contribution in [0.1, 0.15) is 12.8 Å². The van der Waals surface area contributed by atoms with Crippen LogP contribution in [-0.2, 0) is 9.53 Å². The van der Waals surface area contributed by atoms with Crippen LogP contribution in [-0.4, -0.2) is 35.9 Å². The highest BCUT2D eigenvalue weighted by Gasteiger charge is 2.56. The molecule has 2 saturated heterocycles. The van der Waals surface area contributed by atoms with Crippen molar-refractivity contribution in [2.24, 2.45) is 0 Å². The first-order chi connectivity index (χ1) is 6.00. The number of halogens is 3. The summed E-state index contributed by atoms with van der Waals surface area (Å²) in [6.07, 6.45) is -5.36. The minimum atomic E-state index is -4.46. The molecule has 0 saturated carbocycles. The largest absolute Gasteiger partial charge is 0.440 e. The number of rotatable bonds is 0. The van der Waals surface area contributed by atoms with Crippen LogP contribution in [0.2, 0.25) is 0 Å². The molecule has 0 unspecified atom stereocenters. The summed E-state index contributed by atoms with van der Waals surface area (Å²) in [6, 6.07) is -0.661. The van der Waals surface area contributed by atoms with E-state index in [1.165, 1.54) is 0 Å². The van der Waals surface area contributed by atoms with Crippen molar-refractivity contribution in [2.75, 3.05) is 6.54 Å². The molecule has 0 N–H and O–H groups in total. The van der Waals surface area contributed by atoms with E-state index in [1.807, 2.05) is 0 Å². The summed E-state index contributed by atoms with van der Waals surface area (Å²) in [6.45, 7) is 0.292. The molecule has 0 aromatic heterocycles. The van der Waals surface area contributed by atoms with E-state index in [0.717, 1.165) is 4.90 Å². The maximum atomic E-state index is 12.3. The van der Waals surface area contributed by atoms with Gasteiger partial charge in [0.1, 0.15) is 6.04 Å². The van der Waals surface area contributed by atoms with Gasteiger partial charge >= 0.3 is 12.1 Å². The van der Waals surface area contributed by atoms with Gasteiger partial charge in [-0.25, -0.2) is 4.90 Å². The van der Waals surface area contributed by atoms with Crippen molar-refractivity contribution in [2.45, 2.75) is 31.3 Å². The Hall–Kier alpha value is -0.780. The Kier molecular flexibility index (Phi) is 1.76. The predicted octanol–water partition coefficient (Wildman–Crippen LogP) is 0.896. The Morgan fingerprint density at radius 3 is 2.77 bits per heavy atom. The second-order valence-corrected chi connectivity index (χ2v) is 3.23. The van der Waals surface area contributed by atoms with Crippen LogP contribution < -0.4 is 0 Å². The smallest absolute Gasteiger partial charge is 0.435 e. The van der Waals surface area contributed by atoms with E-state index >= 15 is 0 Å². The topological polar surface area (TPSA) is 29.5 Å². The average molecular weight is 195 g/mol. The summed E-state index contributed by atoms with van der Waals surface area (Å²) in [5.74, 6) is -0.736. The fourth-order valence-corrected chi connectivity index (χ4v) is 1.83. The number of cyclic esters (lactones) is 1. The van der Waals surface area contributed by atoms with Crippen molar-refractivity contribution in [1.29, 1.82) is 0 Å². The van der Waals surface area contributed by atoms with Gasteiger partial charge < -0.3 is 4.74 Å². The predicted molar refractivity (Wildman–Crippen MR) is 35.7 cm³/mol. The molecular formula is C7H8F3NO2. The minimum absolute atomic E-state index is 0.292. The Morgan fingerprint density at radius 2 is 2.15 bits per heavy atom. The number of carbonyl (C=O) groups excluding carboxylic acids is 1. The first kappa shape index (κ1) is 8.80. The maximum Gasteiger partial charge on any atom is 0.440 e. The van der Waals surface area contributed by atoms with E-state index in [-0.39, 0.29) is 0 Å². The zero-order chi connectivity index (χ0) is 9.64. The van der Waals surface area contributed by atoms with Crippen molar-refractivity contribution >= 4 is 5.97 Å². The molecule has 13 heavy (non-hydrogen) atoms. The molecule has 2 rings (SSSR count). The molecule has 0 aromatic rings. The van der Waals surface area contributed by atoms with E-state index < -0.39 is 24.4 Å². The van der Waals surface area contributed by atoms with Crippen molar-refractivity contribution in [3.8, 4) is 0 Å². The lowest BCUT2D eigenvalue weighted by molar-refractivity contribution is -0.238. The molecule has 0 amide bonds. The monoisotopic (exact) mass is 195 g/mol. The summed E-state index contributed by atoms with van der Waals surface area (Å²) in [4.78, 5) is 12.0. The molecule has 2 fully saturated rings. The molecule has 2 heterocycles. The van der Waals surface area contributed by atoms with Gasteiger partial charge in [-0.1, -0.05) is 0 Å². The molecule has 0 radical (unpaired) electrons. The maximum absolute atomic E-state index is 12.3. The van der Waals surface area contributed by atoms with Crippen molar-refractivity contribution < 1.29 is 22.7 Å². The normalized spacial score (nSPS) is 34.8. The Balaban J connectivity index is 2.20. The summed E-state index contributed by atoms with van der Waals surface area (Å²) < 4.78 is 41.0. The molecule has 0 aromatic carbocycles. The number of hydrogen-bond acceptors (Lipinski definition) is 3. The molecule has 74 valence electrons. The molecule has 0 bridgehead atoms.